The number of amides is 1. The van der Waals surface area contributed by atoms with Crippen molar-refractivity contribution in [1.82, 2.24) is 4.90 Å². The number of ether oxygens (including phenoxy) is 3. The van der Waals surface area contributed by atoms with Gasteiger partial charge < -0.3 is 24.8 Å². The van der Waals surface area contributed by atoms with Crippen molar-refractivity contribution >= 4 is 27.3 Å². The highest BCUT2D eigenvalue weighted by Gasteiger charge is 2.31. The number of hydrogen-bond donors (Lipinski definition) is 1. The average Bonchev–Trinajstić information content (AvgIpc) is 3.35. The van der Waals surface area contributed by atoms with Gasteiger partial charge in [-0.3, -0.25) is 4.79 Å². The maximum Gasteiger partial charge on any atom is 0.254 e. The Kier molecular flexibility index (Phi) is 6.31. The summed E-state index contributed by atoms with van der Waals surface area (Å²) in [5.74, 6) is 2.11. The summed E-state index contributed by atoms with van der Waals surface area (Å²) >= 11 is 1.75. The van der Waals surface area contributed by atoms with Crippen molar-refractivity contribution < 1.29 is 19.0 Å². The lowest BCUT2D eigenvalue weighted by atomic mass is 9.90. The molecule has 1 aliphatic heterocycles. The number of fused-ring (bicyclic) bond motifs is 2. The first-order valence-corrected chi connectivity index (χ1v) is 11.6. The summed E-state index contributed by atoms with van der Waals surface area (Å²) in [5, 5.41) is 3.44. The van der Waals surface area contributed by atoms with Crippen LogP contribution in [0.25, 0.3) is 10.1 Å². The number of hydrogen-bond acceptors (Lipinski definition) is 6. The molecular formula is C25H30N2O4S. The van der Waals surface area contributed by atoms with Gasteiger partial charge in [0.05, 0.1) is 21.3 Å². The molecule has 1 aromatic heterocycles. The van der Waals surface area contributed by atoms with Gasteiger partial charge in [0, 0.05) is 28.9 Å². The standard InChI is InChI=1S/C25H30N2O4S/c1-25(26,8-7-16-15-32-23-6-5-18(29-2)12-19(16)23)9-10-27-14-17-11-21(30-3)22(31-4)13-20(17)24(27)28/h5-6,11-13,15H,7-10,14,26H2,1-4H3. The van der Waals surface area contributed by atoms with Crippen molar-refractivity contribution in [3.8, 4) is 17.2 Å². The van der Waals surface area contributed by atoms with Crippen LogP contribution in [0.3, 0.4) is 0 Å². The highest BCUT2D eigenvalue weighted by atomic mass is 32.1. The van der Waals surface area contributed by atoms with E-state index < -0.39 is 0 Å². The summed E-state index contributed by atoms with van der Waals surface area (Å²) in [6, 6.07) is 9.85. The molecule has 1 atom stereocenters. The van der Waals surface area contributed by atoms with E-state index in [2.05, 4.69) is 24.4 Å². The van der Waals surface area contributed by atoms with Crippen LogP contribution in [-0.4, -0.2) is 44.2 Å². The Labute approximate surface area is 192 Å². The maximum absolute atomic E-state index is 12.9. The van der Waals surface area contributed by atoms with Gasteiger partial charge >= 0.3 is 0 Å². The van der Waals surface area contributed by atoms with Gasteiger partial charge in [0.25, 0.3) is 5.91 Å². The van der Waals surface area contributed by atoms with Gasteiger partial charge in [-0.1, -0.05) is 0 Å². The Morgan fingerprint density at radius 2 is 1.81 bits per heavy atom. The molecule has 0 fully saturated rings. The van der Waals surface area contributed by atoms with E-state index >= 15 is 0 Å². The minimum absolute atomic E-state index is 0.0210. The molecule has 0 bridgehead atoms. The maximum atomic E-state index is 12.9. The lowest BCUT2D eigenvalue weighted by Gasteiger charge is -2.27. The van der Waals surface area contributed by atoms with Gasteiger partial charge in [0.15, 0.2) is 11.5 Å². The van der Waals surface area contributed by atoms with Gasteiger partial charge in [0.2, 0.25) is 0 Å². The van der Waals surface area contributed by atoms with Crippen LogP contribution in [0, 0.1) is 0 Å². The number of aryl methyl sites for hydroxylation is 1. The second kappa shape index (κ2) is 9.00. The van der Waals surface area contributed by atoms with Crippen LogP contribution in [0.15, 0.2) is 35.7 Å². The first-order chi connectivity index (χ1) is 15.3. The molecule has 32 heavy (non-hydrogen) atoms. The van der Waals surface area contributed by atoms with Crippen LogP contribution < -0.4 is 19.9 Å². The number of rotatable bonds is 9. The summed E-state index contributed by atoms with van der Waals surface area (Å²) in [7, 11) is 4.87. The number of thiophene rings is 1. The van der Waals surface area contributed by atoms with Gasteiger partial charge in [-0.2, -0.15) is 0 Å². The minimum atomic E-state index is -0.377. The lowest BCUT2D eigenvalue weighted by molar-refractivity contribution is 0.0766. The SMILES string of the molecule is COc1ccc2scc(CCC(C)(N)CCN3Cc4cc(OC)c(OC)cc4C3=O)c2c1. The number of benzene rings is 2. The Morgan fingerprint density at radius 1 is 1.06 bits per heavy atom. The van der Waals surface area contributed by atoms with Crippen molar-refractivity contribution in [1.29, 1.82) is 0 Å². The molecule has 0 saturated carbocycles. The Hall–Kier alpha value is -2.77. The Morgan fingerprint density at radius 3 is 2.53 bits per heavy atom. The third kappa shape index (κ3) is 4.40. The first-order valence-electron chi connectivity index (χ1n) is 10.7. The van der Waals surface area contributed by atoms with Crippen LogP contribution in [0.1, 0.15) is 41.3 Å². The van der Waals surface area contributed by atoms with Crippen LogP contribution in [0.5, 0.6) is 17.2 Å². The number of carbonyl (C=O) groups is 1. The zero-order valence-electron chi connectivity index (χ0n) is 19.1. The second-order valence-electron chi connectivity index (χ2n) is 8.62. The summed E-state index contributed by atoms with van der Waals surface area (Å²) in [4.78, 5) is 14.8. The second-order valence-corrected chi connectivity index (χ2v) is 9.53. The molecule has 0 aliphatic carbocycles. The molecule has 2 aromatic carbocycles. The molecule has 1 amide bonds. The molecule has 2 heterocycles. The molecule has 0 spiro atoms. The Balaban J connectivity index is 1.39. The van der Waals surface area contributed by atoms with E-state index in [9.17, 15) is 4.79 Å². The molecule has 4 rings (SSSR count). The molecular weight excluding hydrogens is 424 g/mol. The van der Waals surface area contributed by atoms with Crippen LogP contribution in [-0.2, 0) is 13.0 Å². The van der Waals surface area contributed by atoms with Crippen molar-refractivity contribution in [2.75, 3.05) is 27.9 Å². The molecule has 6 nitrogen and oxygen atoms in total. The zero-order valence-corrected chi connectivity index (χ0v) is 19.9. The Bertz CT molecular complexity index is 1140. The highest BCUT2D eigenvalue weighted by molar-refractivity contribution is 7.17. The smallest absolute Gasteiger partial charge is 0.254 e. The molecule has 170 valence electrons. The van der Waals surface area contributed by atoms with E-state index in [1.54, 1.807) is 38.7 Å². The predicted molar refractivity (Wildman–Crippen MR) is 128 cm³/mol. The van der Waals surface area contributed by atoms with E-state index in [0.29, 0.717) is 30.2 Å². The van der Waals surface area contributed by atoms with E-state index in [4.69, 9.17) is 19.9 Å². The highest BCUT2D eigenvalue weighted by Crippen LogP contribution is 2.35. The van der Waals surface area contributed by atoms with Crippen molar-refractivity contribution in [2.45, 2.75) is 38.3 Å². The van der Waals surface area contributed by atoms with Crippen LogP contribution in [0.4, 0.5) is 0 Å². The molecule has 7 heteroatoms. The summed E-state index contributed by atoms with van der Waals surface area (Å²) in [6.07, 6.45) is 2.46. The van der Waals surface area contributed by atoms with Gasteiger partial charge in [-0.15, -0.1) is 11.3 Å². The molecule has 1 aliphatic rings. The fourth-order valence-electron chi connectivity index (χ4n) is 4.20. The van der Waals surface area contributed by atoms with Crippen molar-refractivity contribution in [3.63, 3.8) is 0 Å². The molecule has 2 N–H and O–H groups in total. The molecule has 0 saturated heterocycles. The summed E-state index contributed by atoms with van der Waals surface area (Å²) in [6.45, 7) is 3.25. The van der Waals surface area contributed by atoms with E-state index in [1.165, 1.54) is 15.6 Å². The van der Waals surface area contributed by atoms with E-state index in [-0.39, 0.29) is 11.4 Å². The number of nitrogens with two attached hydrogens (primary N) is 1. The van der Waals surface area contributed by atoms with Gasteiger partial charge in [0.1, 0.15) is 5.75 Å². The third-order valence-corrected chi connectivity index (χ3v) is 7.28. The normalized spacial score (nSPS) is 15.0. The molecule has 1 unspecified atom stereocenters. The molecule has 0 radical (unpaired) electrons. The first kappa shape index (κ1) is 22.4. The van der Waals surface area contributed by atoms with Crippen LogP contribution in [0.2, 0.25) is 0 Å². The monoisotopic (exact) mass is 454 g/mol. The largest absolute Gasteiger partial charge is 0.497 e. The quantitative estimate of drug-likeness (QED) is 0.511. The summed E-state index contributed by atoms with van der Waals surface area (Å²) in [5.41, 5.74) is 9.22. The lowest BCUT2D eigenvalue weighted by Crippen LogP contribution is -2.40. The van der Waals surface area contributed by atoms with Gasteiger partial charge in [-0.05, 0) is 78.4 Å². The fraction of sp³-hybridized carbons (Fsp3) is 0.400. The summed E-state index contributed by atoms with van der Waals surface area (Å²) < 4.78 is 17.4. The van der Waals surface area contributed by atoms with Gasteiger partial charge in [-0.25, -0.2) is 0 Å². The number of nitrogens with zero attached hydrogens (tertiary/aromatic N) is 1. The minimum Gasteiger partial charge on any atom is -0.497 e. The average molecular weight is 455 g/mol. The van der Waals surface area contributed by atoms with E-state index in [0.717, 1.165) is 30.6 Å². The van der Waals surface area contributed by atoms with Crippen molar-refractivity contribution in [3.05, 3.63) is 52.4 Å². The topological polar surface area (TPSA) is 74.0 Å². The van der Waals surface area contributed by atoms with Crippen molar-refractivity contribution in [2.24, 2.45) is 5.73 Å². The zero-order chi connectivity index (χ0) is 22.9. The number of methoxy groups -OCH3 is 3. The predicted octanol–water partition coefficient (Wildman–Crippen LogP) is 4.62. The van der Waals surface area contributed by atoms with Crippen LogP contribution >= 0.6 is 11.3 Å². The fourth-order valence-corrected chi connectivity index (χ4v) is 5.17. The van der Waals surface area contributed by atoms with E-state index in [1.807, 2.05) is 17.0 Å². The third-order valence-electron chi connectivity index (χ3n) is 6.27. The molecule has 3 aromatic rings. The number of carbonyl (C=O) groups excluding carboxylic acids is 1.